The number of likely N-dealkylation sites (tertiary alicyclic amines) is 1. The quantitative estimate of drug-likeness (QED) is 0.673. The molecule has 3 heterocycles. The highest BCUT2D eigenvalue weighted by atomic mass is 35.5. The van der Waals surface area contributed by atoms with E-state index in [0.29, 0.717) is 31.7 Å². The van der Waals surface area contributed by atoms with Crippen molar-refractivity contribution in [3.8, 4) is 11.4 Å². The first-order chi connectivity index (χ1) is 12.6. The van der Waals surface area contributed by atoms with E-state index in [1.165, 1.54) is 17.1 Å². The average molecular weight is 395 g/mol. The molecule has 2 atom stereocenters. The number of halogens is 1. The van der Waals surface area contributed by atoms with E-state index >= 15 is 0 Å². The molecule has 0 aliphatic carbocycles. The van der Waals surface area contributed by atoms with Crippen molar-refractivity contribution in [1.29, 1.82) is 0 Å². The lowest BCUT2D eigenvalue weighted by Gasteiger charge is -2.48. The number of nitrogens with one attached hydrogen (secondary N) is 1. The summed E-state index contributed by atoms with van der Waals surface area (Å²) < 4.78 is 1.41. The summed E-state index contributed by atoms with van der Waals surface area (Å²) in [6.45, 7) is 2.63. The van der Waals surface area contributed by atoms with Crippen LogP contribution >= 0.6 is 12.4 Å². The van der Waals surface area contributed by atoms with Gasteiger partial charge < -0.3 is 20.4 Å². The Hall–Kier alpha value is -2.23. The van der Waals surface area contributed by atoms with Crippen molar-refractivity contribution in [2.45, 2.75) is 25.4 Å². The molecular weight excluding hydrogens is 372 g/mol. The normalized spacial score (nSPS) is 25.2. The molecule has 1 amide bonds. The fourth-order valence-corrected chi connectivity index (χ4v) is 4.04. The van der Waals surface area contributed by atoms with E-state index in [4.69, 9.17) is 0 Å². The molecule has 9 nitrogen and oxygen atoms in total. The van der Waals surface area contributed by atoms with Gasteiger partial charge in [0, 0.05) is 31.1 Å². The Morgan fingerprint density at radius 3 is 2.93 bits per heavy atom. The van der Waals surface area contributed by atoms with Gasteiger partial charge in [-0.15, -0.1) is 17.5 Å². The number of benzene rings is 1. The summed E-state index contributed by atoms with van der Waals surface area (Å²) in [6, 6.07) is 4.76. The van der Waals surface area contributed by atoms with Gasteiger partial charge in [-0.3, -0.25) is 4.79 Å². The molecule has 2 aliphatic heterocycles. The third kappa shape index (κ3) is 3.62. The number of hydrogen-bond acceptors (Lipinski definition) is 7. The molecule has 2 fully saturated rings. The van der Waals surface area contributed by atoms with Gasteiger partial charge in [0.15, 0.2) is 0 Å². The van der Waals surface area contributed by atoms with Gasteiger partial charge in [-0.2, -0.15) is 0 Å². The minimum absolute atomic E-state index is 0. The molecule has 1 spiro atoms. The predicted molar refractivity (Wildman–Crippen MR) is 99.1 cm³/mol. The fourth-order valence-electron chi connectivity index (χ4n) is 4.04. The van der Waals surface area contributed by atoms with Crippen molar-refractivity contribution in [3.63, 3.8) is 0 Å². The number of aliphatic hydroxyl groups is 1. The maximum atomic E-state index is 13.0. The number of carbonyl (C=O) groups excluding carboxylic acids is 1. The highest BCUT2D eigenvalue weighted by Gasteiger charge is 2.44. The van der Waals surface area contributed by atoms with Crippen LogP contribution in [-0.2, 0) is 0 Å². The number of phenols is 1. The Balaban J connectivity index is 0.00000210. The summed E-state index contributed by atoms with van der Waals surface area (Å²) in [5, 5.41) is 35.1. The number of phenolic OH excluding ortho intramolecular Hbond substituents is 1. The van der Waals surface area contributed by atoms with Crippen LogP contribution in [0.4, 0.5) is 0 Å². The first-order valence-corrected chi connectivity index (χ1v) is 8.83. The summed E-state index contributed by atoms with van der Waals surface area (Å²) in [5.41, 5.74) is 0.525. The number of aliphatic hydroxyl groups excluding tert-OH is 1. The molecule has 2 aromatic rings. The van der Waals surface area contributed by atoms with Crippen molar-refractivity contribution in [2.24, 2.45) is 5.41 Å². The van der Waals surface area contributed by atoms with Gasteiger partial charge in [0.2, 0.25) is 0 Å². The molecule has 1 aromatic carbocycles. The molecule has 10 heteroatoms. The van der Waals surface area contributed by atoms with E-state index in [1.807, 2.05) is 0 Å². The van der Waals surface area contributed by atoms with Crippen LogP contribution in [0.2, 0.25) is 0 Å². The molecule has 3 N–H and O–H groups in total. The fraction of sp³-hybridized carbons (Fsp3) is 0.529. The van der Waals surface area contributed by atoms with Gasteiger partial charge in [-0.1, -0.05) is 0 Å². The molecule has 0 bridgehead atoms. The SMILES string of the molecule is Cl.O=C(c1ccc(-n2cnnn2)cc1O)N1CCC[C@]2(CNCC[C@@H]2O)C1. The summed E-state index contributed by atoms with van der Waals surface area (Å²) >= 11 is 0. The summed E-state index contributed by atoms with van der Waals surface area (Å²) in [5.74, 6) is -0.326. The Morgan fingerprint density at radius 1 is 1.37 bits per heavy atom. The van der Waals surface area contributed by atoms with Crippen molar-refractivity contribution >= 4 is 18.3 Å². The van der Waals surface area contributed by atoms with Crippen LogP contribution in [0.5, 0.6) is 5.75 Å². The number of amides is 1. The third-order valence-electron chi connectivity index (χ3n) is 5.50. The van der Waals surface area contributed by atoms with Gasteiger partial charge in [-0.05, 0) is 48.4 Å². The third-order valence-corrected chi connectivity index (χ3v) is 5.50. The van der Waals surface area contributed by atoms with Crippen LogP contribution in [-0.4, -0.2) is 73.5 Å². The summed E-state index contributed by atoms with van der Waals surface area (Å²) in [6.07, 6.45) is 3.45. The topological polar surface area (TPSA) is 116 Å². The second-order valence-electron chi connectivity index (χ2n) is 7.13. The maximum Gasteiger partial charge on any atom is 0.257 e. The standard InChI is InChI=1S/C17H22N6O3.ClH/c24-14-8-12(23-11-19-20-21-23)2-3-13(14)16(26)22-7-1-5-17(10-22)9-18-6-4-15(17)25;/h2-3,8,11,15,18,24-25H,1,4-7,9-10H2;1H/t15-,17-;/m0./s1. The van der Waals surface area contributed by atoms with Crippen LogP contribution in [0.25, 0.3) is 5.69 Å². The monoisotopic (exact) mass is 394 g/mol. The summed E-state index contributed by atoms with van der Waals surface area (Å²) in [4.78, 5) is 14.7. The first-order valence-electron chi connectivity index (χ1n) is 8.83. The lowest BCUT2D eigenvalue weighted by molar-refractivity contribution is -0.0433. The van der Waals surface area contributed by atoms with E-state index in [9.17, 15) is 15.0 Å². The second kappa shape index (κ2) is 7.79. The lowest BCUT2D eigenvalue weighted by Crippen LogP contribution is -2.58. The Morgan fingerprint density at radius 2 is 2.22 bits per heavy atom. The highest BCUT2D eigenvalue weighted by molar-refractivity contribution is 5.97. The number of hydrogen-bond donors (Lipinski definition) is 3. The number of carbonyl (C=O) groups is 1. The number of piperidine rings is 2. The van der Waals surface area contributed by atoms with Crippen molar-refractivity contribution in [3.05, 3.63) is 30.1 Å². The van der Waals surface area contributed by atoms with E-state index in [0.717, 1.165) is 19.4 Å². The van der Waals surface area contributed by atoms with Crippen LogP contribution < -0.4 is 5.32 Å². The first kappa shape index (κ1) is 19.5. The zero-order valence-electron chi connectivity index (χ0n) is 14.8. The zero-order valence-corrected chi connectivity index (χ0v) is 15.6. The number of rotatable bonds is 2. The minimum atomic E-state index is -0.407. The van der Waals surface area contributed by atoms with Crippen molar-refractivity contribution in [2.75, 3.05) is 26.2 Å². The predicted octanol–water partition coefficient (Wildman–Crippen LogP) is 0.366. The molecule has 146 valence electrons. The number of nitrogens with zero attached hydrogens (tertiary/aromatic N) is 5. The van der Waals surface area contributed by atoms with E-state index < -0.39 is 6.10 Å². The zero-order chi connectivity index (χ0) is 18.1. The summed E-state index contributed by atoms with van der Waals surface area (Å²) in [7, 11) is 0. The van der Waals surface area contributed by atoms with E-state index in [-0.39, 0.29) is 35.0 Å². The van der Waals surface area contributed by atoms with E-state index in [2.05, 4.69) is 20.8 Å². The molecule has 0 unspecified atom stereocenters. The van der Waals surface area contributed by atoms with Gasteiger partial charge in [0.05, 0.1) is 17.4 Å². The van der Waals surface area contributed by atoms with Crippen LogP contribution in [0, 0.1) is 5.41 Å². The van der Waals surface area contributed by atoms with Crippen LogP contribution in [0.3, 0.4) is 0 Å². The maximum absolute atomic E-state index is 13.0. The van der Waals surface area contributed by atoms with E-state index in [1.54, 1.807) is 17.0 Å². The molecular formula is C17H23ClN6O3. The highest BCUT2D eigenvalue weighted by Crippen LogP contribution is 2.37. The van der Waals surface area contributed by atoms with Crippen LogP contribution in [0.1, 0.15) is 29.6 Å². The van der Waals surface area contributed by atoms with Gasteiger partial charge >= 0.3 is 0 Å². The molecule has 27 heavy (non-hydrogen) atoms. The van der Waals surface area contributed by atoms with Crippen LogP contribution in [0.15, 0.2) is 24.5 Å². The second-order valence-corrected chi connectivity index (χ2v) is 7.13. The van der Waals surface area contributed by atoms with Crippen molar-refractivity contribution < 1.29 is 15.0 Å². The molecule has 1 aromatic heterocycles. The molecule has 0 saturated carbocycles. The molecule has 2 saturated heterocycles. The Kier molecular flexibility index (Phi) is 5.64. The minimum Gasteiger partial charge on any atom is -0.507 e. The number of aromatic hydroxyl groups is 1. The molecule has 0 radical (unpaired) electrons. The lowest BCUT2D eigenvalue weighted by atomic mass is 9.72. The van der Waals surface area contributed by atoms with Gasteiger partial charge in [0.25, 0.3) is 5.91 Å². The smallest absolute Gasteiger partial charge is 0.257 e. The number of tetrazole rings is 1. The Labute approximate surface area is 162 Å². The Bertz CT molecular complexity index is 798. The molecule has 2 aliphatic rings. The average Bonchev–Trinajstić information content (AvgIpc) is 3.19. The molecule has 4 rings (SSSR count). The number of aromatic nitrogens is 4. The largest absolute Gasteiger partial charge is 0.507 e. The van der Waals surface area contributed by atoms with Gasteiger partial charge in [-0.25, -0.2) is 4.68 Å². The van der Waals surface area contributed by atoms with Crippen molar-refractivity contribution in [1.82, 2.24) is 30.4 Å². The van der Waals surface area contributed by atoms with Gasteiger partial charge in [0.1, 0.15) is 12.1 Å².